The molecule has 1 aliphatic rings. The van der Waals surface area contributed by atoms with Gasteiger partial charge in [0, 0.05) is 31.9 Å². The quantitative estimate of drug-likeness (QED) is 0.676. The Morgan fingerprint density at radius 1 is 0.906 bits per heavy atom. The average Bonchev–Trinajstić information content (AvgIpc) is 2.82. The monoisotopic (exact) mass is 429 g/mol. The van der Waals surface area contributed by atoms with Crippen molar-refractivity contribution in [3.05, 3.63) is 88.3 Å². The lowest BCUT2D eigenvalue weighted by Gasteiger charge is -2.30. The fourth-order valence-corrected chi connectivity index (χ4v) is 3.95. The normalized spacial score (nSPS) is 14.2. The molecular weight excluding hydrogens is 402 g/mol. The molecule has 3 aromatic rings. The maximum atomic E-state index is 12.9. The summed E-state index contributed by atoms with van der Waals surface area (Å²) >= 11 is 0. The smallest absolute Gasteiger partial charge is 0.274 e. The van der Waals surface area contributed by atoms with Gasteiger partial charge in [0.15, 0.2) is 0 Å². The summed E-state index contributed by atoms with van der Waals surface area (Å²) in [4.78, 5) is 40.1. The number of piperidine rings is 1. The zero-order valence-electron chi connectivity index (χ0n) is 18.4. The summed E-state index contributed by atoms with van der Waals surface area (Å²) in [6, 6.07) is 18.6. The van der Waals surface area contributed by atoms with Gasteiger partial charge in [-0.1, -0.05) is 49.4 Å². The van der Waals surface area contributed by atoms with Gasteiger partial charge >= 0.3 is 0 Å². The summed E-state index contributed by atoms with van der Waals surface area (Å²) in [5.41, 5.74) is 2.64. The van der Waals surface area contributed by atoms with Gasteiger partial charge in [-0.25, -0.2) is 0 Å². The van der Waals surface area contributed by atoms with E-state index in [4.69, 9.17) is 0 Å². The van der Waals surface area contributed by atoms with Gasteiger partial charge in [-0.15, -0.1) is 0 Å². The second-order valence-corrected chi connectivity index (χ2v) is 8.43. The fraction of sp³-hybridized carbons (Fsp3) is 0.269. The SMILES string of the molecule is CC1CCN(C(=O)c2cc(NC(=O)c3ccc(-c4ccccc4)cc3)c(=O)n(C)c2)CC1. The second kappa shape index (κ2) is 9.22. The van der Waals surface area contributed by atoms with Crippen LogP contribution in [0, 0.1) is 5.92 Å². The van der Waals surface area contributed by atoms with Gasteiger partial charge in [0.2, 0.25) is 0 Å². The molecule has 1 aromatic heterocycles. The third kappa shape index (κ3) is 4.64. The van der Waals surface area contributed by atoms with Crippen molar-refractivity contribution in [1.29, 1.82) is 0 Å². The van der Waals surface area contributed by atoms with E-state index < -0.39 is 5.91 Å². The minimum absolute atomic E-state index is 0.0980. The highest BCUT2D eigenvalue weighted by Crippen LogP contribution is 2.21. The predicted octanol–water partition coefficient (Wildman–Crippen LogP) is 4.18. The van der Waals surface area contributed by atoms with Crippen molar-refractivity contribution >= 4 is 17.5 Å². The Kier molecular flexibility index (Phi) is 6.21. The molecule has 6 heteroatoms. The van der Waals surface area contributed by atoms with E-state index in [1.54, 1.807) is 19.2 Å². The third-order valence-corrected chi connectivity index (χ3v) is 6.00. The summed E-state index contributed by atoms with van der Waals surface area (Å²) in [6.07, 6.45) is 3.48. The zero-order valence-corrected chi connectivity index (χ0v) is 18.4. The van der Waals surface area contributed by atoms with Crippen LogP contribution in [0.2, 0.25) is 0 Å². The Morgan fingerprint density at radius 2 is 1.53 bits per heavy atom. The minimum atomic E-state index is -0.391. The minimum Gasteiger partial charge on any atom is -0.339 e. The number of carbonyl (C=O) groups is 2. The van der Waals surface area contributed by atoms with Crippen LogP contribution in [0.4, 0.5) is 5.69 Å². The van der Waals surface area contributed by atoms with Crippen molar-refractivity contribution in [1.82, 2.24) is 9.47 Å². The lowest BCUT2D eigenvalue weighted by molar-refractivity contribution is 0.0696. The molecule has 1 aliphatic heterocycles. The van der Waals surface area contributed by atoms with Gasteiger partial charge in [-0.05, 0) is 48.1 Å². The van der Waals surface area contributed by atoms with Gasteiger partial charge in [0.05, 0.1) is 5.56 Å². The number of aromatic nitrogens is 1. The molecule has 0 spiro atoms. The summed E-state index contributed by atoms with van der Waals surface area (Å²) < 4.78 is 1.34. The Hall–Kier alpha value is -3.67. The highest BCUT2D eigenvalue weighted by molar-refractivity contribution is 6.05. The maximum absolute atomic E-state index is 12.9. The van der Waals surface area contributed by atoms with E-state index in [-0.39, 0.29) is 17.2 Å². The largest absolute Gasteiger partial charge is 0.339 e. The molecule has 0 saturated carbocycles. The van der Waals surface area contributed by atoms with Gasteiger partial charge < -0.3 is 14.8 Å². The van der Waals surface area contributed by atoms with Crippen LogP contribution in [0.3, 0.4) is 0 Å². The average molecular weight is 430 g/mol. The first-order chi connectivity index (χ1) is 15.4. The van der Waals surface area contributed by atoms with Gasteiger partial charge in [0.25, 0.3) is 17.4 Å². The first kappa shape index (κ1) is 21.6. The molecule has 1 saturated heterocycles. The molecule has 2 aromatic carbocycles. The molecule has 1 fully saturated rings. The number of carbonyl (C=O) groups excluding carboxylic acids is 2. The van der Waals surface area contributed by atoms with Crippen LogP contribution in [0.25, 0.3) is 11.1 Å². The number of pyridine rings is 1. The molecule has 0 unspecified atom stereocenters. The zero-order chi connectivity index (χ0) is 22.7. The van der Waals surface area contributed by atoms with Crippen molar-refractivity contribution in [2.45, 2.75) is 19.8 Å². The van der Waals surface area contributed by atoms with Crippen molar-refractivity contribution in [2.75, 3.05) is 18.4 Å². The number of amides is 2. The molecule has 0 bridgehead atoms. The molecule has 0 atom stereocenters. The van der Waals surface area contributed by atoms with Crippen LogP contribution in [0.1, 0.15) is 40.5 Å². The summed E-state index contributed by atoms with van der Waals surface area (Å²) in [7, 11) is 1.59. The number of anilines is 1. The van der Waals surface area contributed by atoms with E-state index in [2.05, 4.69) is 12.2 Å². The Bertz CT molecular complexity index is 1180. The van der Waals surface area contributed by atoms with Crippen LogP contribution in [0.15, 0.2) is 71.7 Å². The first-order valence-corrected chi connectivity index (χ1v) is 10.9. The molecule has 2 heterocycles. The second-order valence-electron chi connectivity index (χ2n) is 8.43. The Balaban J connectivity index is 1.53. The van der Waals surface area contributed by atoms with Crippen molar-refractivity contribution in [3.8, 4) is 11.1 Å². The molecule has 32 heavy (non-hydrogen) atoms. The van der Waals surface area contributed by atoms with E-state index in [0.717, 1.165) is 24.0 Å². The van der Waals surface area contributed by atoms with E-state index in [9.17, 15) is 14.4 Å². The summed E-state index contributed by atoms with van der Waals surface area (Å²) in [5.74, 6) is 0.107. The van der Waals surface area contributed by atoms with Crippen LogP contribution >= 0.6 is 0 Å². The van der Waals surface area contributed by atoms with Crippen molar-refractivity contribution in [3.63, 3.8) is 0 Å². The van der Waals surface area contributed by atoms with E-state index in [1.165, 1.54) is 16.8 Å². The van der Waals surface area contributed by atoms with E-state index in [1.807, 2.05) is 47.4 Å². The summed E-state index contributed by atoms with van der Waals surface area (Å²) in [5, 5.41) is 2.69. The molecule has 0 aliphatic carbocycles. The summed E-state index contributed by atoms with van der Waals surface area (Å²) in [6.45, 7) is 3.60. The first-order valence-electron chi connectivity index (χ1n) is 10.9. The molecule has 0 radical (unpaired) electrons. The van der Waals surface area contributed by atoms with Crippen LogP contribution in [0.5, 0.6) is 0 Å². The highest BCUT2D eigenvalue weighted by atomic mass is 16.2. The van der Waals surface area contributed by atoms with Crippen LogP contribution in [-0.4, -0.2) is 34.4 Å². The Labute approximate surface area is 187 Å². The molecule has 4 rings (SSSR count). The molecular formula is C26H27N3O3. The number of nitrogens with one attached hydrogen (secondary N) is 1. The van der Waals surface area contributed by atoms with Crippen LogP contribution in [-0.2, 0) is 7.05 Å². The molecule has 164 valence electrons. The van der Waals surface area contributed by atoms with Crippen molar-refractivity contribution in [2.24, 2.45) is 13.0 Å². The van der Waals surface area contributed by atoms with E-state index >= 15 is 0 Å². The lowest BCUT2D eigenvalue weighted by Crippen LogP contribution is -2.38. The number of likely N-dealkylation sites (tertiary alicyclic amines) is 1. The standard InChI is InChI=1S/C26H27N3O3/c1-18-12-14-29(15-13-18)25(31)22-16-23(26(32)28(2)17-22)27-24(30)21-10-8-20(9-11-21)19-6-4-3-5-7-19/h3-11,16-18H,12-15H2,1-2H3,(H,27,30). The lowest BCUT2D eigenvalue weighted by atomic mass is 9.99. The number of nitrogens with zero attached hydrogens (tertiary/aromatic N) is 2. The maximum Gasteiger partial charge on any atom is 0.274 e. The predicted molar refractivity (Wildman–Crippen MR) is 126 cm³/mol. The van der Waals surface area contributed by atoms with Gasteiger partial charge in [-0.3, -0.25) is 14.4 Å². The topological polar surface area (TPSA) is 71.4 Å². The number of hydrogen-bond donors (Lipinski definition) is 1. The highest BCUT2D eigenvalue weighted by Gasteiger charge is 2.23. The molecule has 1 N–H and O–H groups in total. The number of rotatable bonds is 4. The van der Waals surface area contributed by atoms with Gasteiger partial charge in [-0.2, -0.15) is 0 Å². The van der Waals surface area contributed by atoms with Crippen LogP contribution < -0.4 is 10.9 Å². The third-order valence-electron chi connectivity index (χ3n) is 6.00. The molecule has 6 nitrogen and oxygen atoms in total. The number of hydrogen-bond acceptors (Lipinski definition) is 3. The van der Waals surface area contributed by atoms with Crippen molar-refractivity contribution < 1.29 is 9.59 Å². The number of aryl methyl sites for hydroxylation is 1. The molecule has 2 amide bonds. The van der Waals surface area contributed by atoms with E-state index in [0.29, 0.717) is 30.1 Å². The Morgan fingerprint density at radius 3 is 2.19 bits per heavy atom. The number of benzene rings is 2. The van der Waals surface area contributed by atoms with Gasteiger partial charge in [0.1, 0.15) is 5.69 Å². The fourth-order valence-electron chi connectivity index (χ4n) is 3.95.